The Balaban J connectivity index is 1.69. The Morgan fingerprint density at radius 1 is 1.23 bits per heavy atom. The van der Waals surface area contributed by atoms with E-state index in [1.165, 1.54) is 7.11 Å². The molecule has 3 heterocycles. The van der Waals surface area contributed by atoms with Crippen molar-refractivity contribution in [3.8, 4) is 5.75 Å². The number of aliphatic imine (C=N–C) groups is 1. The van der Waals surface area contributed by atoms with E-state index in [2.05, 4.69) is 19.9 Å². The highest BCUT2D eigenvalue weighted by Gasteiger charge is 2.21. The normalized spacial score (nSPS) is 13.2. The standard InChI is InChI=1S/C17H14N4O3S2/c1-24-16-5-4-11(13-10-14-12(19-13)6-7-18-20-14)9-15(16)21-26(22,23)17-3-2-8-25-17/h2-9,21H,10H2,1H3. The van der Waals surface area contributed by atoms with Crippen molar-refractivity contribution in [2.24, 2.45) is 4.99 Å². The van der Waals surface area contributed by atoms with Gasteiger partial charge < -0.3 is 4.74 Å². The molecule has 1 aliphatic rings. The summed E-state index contributed by atoms with van der Waals surface area (Å²) in [6.07, 6.45) is 2.15. The molecule has 9 heteroatoms. The Kier molecular flexibility index (Phi) is 4.17. The third kappa shape index (κ3) is 3.06. The summed E-state index contributed by atoms with van der Waals surface area (Å²) >= 11 is 1.15. The molecule has 4 rings (SSSR count). The van der Waals surface area contributed by atoms with Gasteiger partial charge in [-0.2, -0.15) is 10.2 Å². The average molecular weight is 386 g/mol. The van der Waals surface area contributed by atoms with Crippen LogP contribution in [-0.2, 0) is 16.4 Å². The predicted octanol–water partition coefficient (Wildman–Crippen LogP) is 3.02. The van der Waals surface area contributed by atoms with Crippen LogP contribution in [0.5, 0.6) is 5.75 Å². The van der Waals surface area contributed by atoms with Gasteiger partial charge in [0.25, 0.3) is 10.0 Å². The molecule has 1 N–H and O–H groups in total. The van der Waals surface area contributed by atoms with Gasteiger partial charge >= 0.3 is 0 Å². The van der Waals surface area contributed by atoms with E-state index in [0.717, 1.165) is 34.0 Å². The minimum Gasteiger partial charge on any atom is -0.495 e. The quantitative estimate of drug-likeness (QED) is 0.727. The van der Waals surface area contributed by atoms with Crippen molar-refractivity contribution in [2.75, 3.05) is 11.8 Å². The van der Waals surface area contributed by atoms with Crippen LogP contribution in [0.3, 0.4) is 0 Å². The first-order valence-electron chi connectivity index (χ1n) is 7.70. The Labute approximate surface area is 154 Å². The summed E-state index contributed by atoms with van der Waals surface area (Å²) in [6, 6.07) is 10.3. The topological polar surface area (TPSA) is 93.5 Å². The summed E-state index contributed by atoms with van der Waals surface area (Å²) in [4.78, 5) is 4.56. The summed E-state index contributed by atoms with van der Waals surface area (Å²) < 4.78 is 33.2. The van der Waals surface area contributed by atoms with Crippen LogP contribution in [0.15, 0.2) is 57.2 Å². The Morgan fingerprint density at radius 3 is 2.85 bits per heavy atom. The maximum Gasteiger partial charge on any atom is 0.271 e. The molecule has 0 fully saturated rings. The van der Waals surface area contributed by atoms with Crippen LogP contribution in [0, 0.1) is 0 Å². The van der Waals surface area contributed by atoms with Gasteiger partial charge in [-0.05, 0) is 41.3 Å². The number of nitrogens with one attached hydrogen (secondary N) is 1. The van der Waals surface area contributed by atoms with Gasteiger partial charge in [0.05, 0.1) is 36.1 Å². The van der Waals surface area contributed by atoms with Crippen molar-refractivity contribution in [1.29, 1.82) is 0 Å². The third-order valence-corrected chi connectivity index (χ3v) is 6.66. The highest BCUT2D eigenvalue weighted by atomic mass is 32.2. The van der Waals surface area contributed by atoms with E-state index in [-0.39, 0.29) is 4.21 Å². The lowest BCUT2D eigenvalue weighted by atomic mass is 10.1. The molecule has 3 aromatic rings. The number of aromatic nitrogens is 2. The highest BCUT2D eigenvalue weighted by Crippen LogP contribution is 2.32. The Bertz CT molecular complexity index is 1090. The number of fused-ring (bicyclic) bond motifs is 1. The molecule has 0 bridgehead atoms. The van der Waals surface area contributed by atoms with Crippen LogP contribution in [0.2, 0.25) is 0 Å². The van der Waals surface area contributed by atoms with Crippen LogP contribution < -0.4 is 9.46 Å². The lowest BCUT2D eigenvalue weighted by Crippen LogP contribution is -2.13. The second kappa shape index (κ2) is 6.50. The summed E-state index contributed by atoms with van der Waals surface area (Å²) in [6.45, 7) is 0. The number of sulfonamides is 1. The number of ether oxygens (including phenoxy) is 1. The zero-order chi connectivity index (χ0) is 18.1. The van der Waals surface area contributed by atoms with Crippen molar-refractivity contribution >= 4 is 38.4 Å². The second-order valence-electron chi connectivity index (χ2n) is 5.55. The number of methoxy groups -OCH3 is 1. The van der Waals surface area contributed by atoms with Crippen molar-refractivity contribution < 1.29 is 13.2 Å². The number of nitrogens with zero attached hydrogens (tertiary/aromatic N) is 3. The maximum atomic E-state index is 12.5. The fourth-order valence-electron chi connectivity index (χ4n) is 2.67. The molecule has 2 aromatic heterocycles. The van der Waals surface area contributed by atoms with E-state index >= 15 is 0 Å². The van der Waals surface area contributed by atoms with Gasteiger partial charge in [-0.25, -0.2) is 8.42 Å². The van der Waals surface area contributed by atoms with Gasteiger partial charge in [-0.3, -0.25) is 9.71 Å². The van der Waals surface area contributed by atoms with Crippen LogP contribution in [-0.4, -0.2) is 31.4 Å². The molecule has 132 valence electrons. The van der Waals surface area contributed by atoms with Crippen LogP contribution in [0.1, 0.15) is 11.3 Å². The van der Waals surface area contributed by atoms with Crippen molar-refractivity contribution in [1.82, 2.24) is 10.2 Å². The van der Waals surface area contributed by atoms with Crippen LogP contribution in [0.25, 0.3) is 0 Å². The highest BCUT2D eigenvalue weighted by molar-refractivity contribution is 7.94. The van der Waals surface area contributed by atoms with E-state index in [4.69, 9.17) is 4.74 Å². The Hall–Kier alpha value is -2.78. The lowest BCUT2D eigenvalue weighted by molar-refractivity contribution is 0.417. The number of benzene rings is 1. The number of thiophene rings is 1. The summed E-state index contributed by atoms with van der Waals surface area (Å²) in [5.41, 5.74) is 3.56. The van der Waals surface area contributed by atoms with Gasteiger partial charge in [0.1, 0.15) is 9.96 Å². The molecule has 0 spiro atoms. The van der Waals surface area contributed by atoms with Gasteiger partial charge in [-0.15, -0.1) is 11.3 Å². The molecule has 0 aliphatic carbocycles. The second-order valence-corrected chi connectivity index (χ2v) is 8.41. The van der Waals surface area contributed by atoms with E-state index in [9.17, 15) is 8.42 Å². The first-order chi connectivity index (χ1) is 12.6. The fraction of sp³-hybridized carbons (Fsp3) is 0.118. The molecular weight excluding hydrogens is 372 g/mol. The molecule has 0 amide bonds. The van der Waals surface area contributed by atoms with Crippen molar-refractivity contribution in [3.63, 3.8) is 0 Å². The number of rotatable bonds is 5. The molecular formula is C17H14N4O3S2. The molecule has 0 atom stereocenters. The van der Waals surface area contributed by atoms with Gasteiger partial charge in [0.15, 0.2) is 0 Å². The molecule has 1 aromatic carbocycles. The maximum absolute atomic E-state index is 12.5. The van der Waals surface area contributed by atoms with E-state index in [1.54, 1.807) is 41.9 Å². The molecule has 1 aliphatic heterocycles. The average Bonchev–Trinajstić information content (AvgIpc) is 3.31. The molecule has 7 nitrogen and oxygen atoms in total. The zero-order valence-electron chi connectivity index (χ0n) is 13.7. The van der Waals surface area contributed by atoms with Crippen LogP contribution >= 0.6 is 11.3 Å². The Morgan fingerprint density at radius 2 is 2.12 bits per heavy atom. The molecule has 0 radical (unpaired) electrons. The SMILES string of the molecule is COc1ccc(C2=Nc3ccnnc3C2)cc1NS(=O)(=O)c1cccs1. The van der Waals surface area contributed by atoms with Crippen molar-refractivity contribution in [3.05, 3.63) is 59.2 Å². The minimum atomic E-state index is -3.67. The van der Waals surface area contributed by atoms with Crippen molar-refractivity contribution in [2.45, 2.75) is 10.6 Å². The van der Waals surface area contributed by atoms with Crippen LogP contribution in [0.4, 0.5) is 11.4 Å². The fourth-order valence-corrected chi connectivity index (χ4v) is 4.73. The largest absolute Gasteiger partial charge is 0.495 e. The smallest absolute Gasteiger partial charge is 0.271 e. The van der Waals surface area contributed by atoms with E-state index in [0.29, 0.717) is 17.9 Å². The number of hydrogen-bond donors (Lipinski definition) is 1. The predicted molar refractivity (Wildman–Crippen MR) is 100 cm³/mol. The van der Waals surface area contributed by atoms with Gasteiger partial charge in [0.2, 0.25) is 0 Å². The molecule has 0 saturated carbocycles. The van der Waals surface area contributed by atoms with Gasteiger partial charge in [0, 0.05) is 6.42 Å². The zero-order valence-corrected chi connectivity index (χ0v) is 15.3. The summed E-state index contributed by atoms with van der Waals surface area (Å²) in [5.74, 6) is 0.435. The monoisotopic (exact) mass is 386 g/mol. The number of hydrogen-bond acceptors (Lipinski definition) is 7. The summed E-state index contributed by atoms with van der Waals surface area (Å²) in [7, 11) is -2.17. The number of anilines is 1. The summed E-state index contributed by atoms with van der Waals surface area (Å²) in [5, 5.41) is 9.67. The molecule has 26 heavy (non-hydrogen) atoms. The molecule has 0 unspecified atom stereocenters. The van der Waals surface area contributed by atoms with Gasteiger partial charge in [-0.1, -0.05) is 6.07 Å². The third-order valence-electron chi connectivity index (χ3n) is 3.90. The minimum absolute atomic E-state index is 0.242. The van der Waals surface area contributed by atoms with E-state index < -0.39 is 10.0 Å². The molecule has 0 saturated heterocycles. The first-order valence-corrected chi connectivity index (χ1v) is 10.1. The first kappa shape index (κ1) is 16.7. The lowest BCUT2D eigenvalue weighted by Gasteiger charge is -2.12. The van der Waals surface area contributed by atoms with E-state index in [1.807, 2.05) is 6.07 Å².